The van der Waals surface area contributed by atoms with Crippen LogP contribution in [0.15, 0.2) is 0 Å². The average Bonchev–Trinajstić information content (AvgIpc) is 2.47. The molecule has 0 amide bonds. The van der Waals surface area contributed by atoms with Crippen LogP contribution in [0.1, 0.15) is 65.2 Å². The van der Waals surface area contributed by atoms with Gasteiger partial charge < -0.3 is 10.3 Å². The number of rotatable bonds is 7. The van der Waals surface area contributed by atoms with Crippen molar-refractivity contribution < 1.29 is 31.9 Å². The molecule has 0 aromatic heterocycles. The second-order valence-corrected chi connectivity index (χ2v) is 7.63. The van der Waals surface area contributed by atoms with Crippen LogP contribution in [0.4, 0.5) is 13.2 Å². The molecular weight excluding hydrogens is 345 g/mol. The predicted octanol–water partition coefficient (Wildman–Crippen LogP) is 2.49. The van der Waals surface area contributed by atoms with Crippen molar-refractivity contribution >= 4 is 10.1 Å². The molecule has 0 aromatic carbocycles. The largest absolute Gasteiger partial charge is 0.741 e. The van der Waals surface area contributed by atoms with Gasteiger partial charge in [0.1, 0.15) is 6.04 Å². The Kier molecular flexibility index (Phi) is 11.1. The summed E-state index contributed by atoms with van der Waals surface area (Å²) in [4.78, 5) is 2.74. The van der Waals surface area contributed by atoms with Crippen LogP contribution in [0.3, 0.4) is 0 Å². The van der Waals surface area contributed by atoms with E-state index in [9.17, 15) is 13.2 Å². The first kappa shape index (κ1) is 23.6. The lowest BCUT2D eigenvalue weighted by Gasteiger charge is -2.36. The molecule has 0 saturated heterocycles. The standard InChI is InChI=1S/C14H30N2.CHF3O3S/c1-3-5-11-16(12-6-4-2)14-10-8-7-9-13(14)15;2-1(3,4)8(5,6)7/h13-14H,3-12,15H2,1-2H3;(H,5,6,7)/t13-,14-;/m1./s1. The first-order chi connectivity index (χ1) is 11.0. The molecule has 1 aliphatic rings. The Labute approximate surface area is 143 Å². The molecule has 0 heterocycles. The second-order valence-electron chi connectivity index (χ2n) is 6.25. The van der Waals surface area contributed by atoms with Crippen LogP contribution in [0.5, 0.6) is 0 Å². The van der Waals surface area contributed by atoms with Crippen molar-refractivity contribution in [2.24, 2.45) is 0 Å². The van der Waals surface area contributed by atoms with Crippen molar-refractivity contribution in [1.82, 2.24) is 4.90 Å². The molecular formula is C15H31F3N2O3S. The third kappa shape index (κ3) is 9.19. The van der Waals surface area contributed by atoms with Gasteiger partial charge in [0.05, 0.1) is 6.04 Å². The van der Waals surface area contributed by atoms with E-state index in [0.29, 0.717) is 6.04 Å². The van der Waals surface area contributed by atoms with E-state index in [2.05, 4.69) is 24.5 Å². The molecule has 0 bridgehead atoms. The molecule has 0 spiro atoms. The minimum absolute atomic E-state index is 0.683. The van der Waals surface area contributed by atoms with Crippen LogP contribution in [0.25, 0.3) is 0 Å². The SMILES string of the molecule is CCCCN(CCCC)[C@@H]1CCCC[C@H]1[NH3+].O=S(=O)([O-])C(F)(F)F. The topological polar surface area (TPSA) is 88.1 Å². The lowest BCUT2D eigenvalue weighted by molar-refractivity contribution is -0.437. The van der Waals surface area contributed by atoms with Crippen molar-refractivity contribution in [1.29, 1.82) is 0 Å². The maximum absolute atomic E-state index is 10.7. The van der Waals surface area contributed by atoms with Crippen LogP contribution in [0, 0.1) is 0 Å². The number of unbranched alkanes of at least 4 members (excludes halogenated alkanes) is 2. The summed E-state index contributed by atoms with van der Waals surface area (Å²) in [5.74, 6) is 0. The third-order valence-corrected chi connectivity index (χ3v) is 4.79. The number of hydrogen-bond donors (Lipinski definition) is 1. The zero-order valence-corrected chi connectivity index (χ0v) is 15.5. The van der Waals surface area contributed by atoms with Crippen LogP contribution < -0.4 is 5.73 Å². The van der Waals surface area contributed by atoms with Crippen molar-refractivity contribution in [3.63, 3.8) is 0 Å². The van der Waals surface area contributed by atoms with Crippen LogP contribution in [-0.2, 0) is 10.1 Å². The maximum Gasteiger partial charge on any atom is 0.485 e. The van der Waals surface area contributed by atoms with Crippen molar-refractivity contribution in [3.8, 4) is 0 Å². The molecule has 1 saturated carbocycles. The van der Waals surface area contributed by atoms with Gasteiger partial charge in [-0.05, 0) is 38.8 Å². The van der Waals surface area contributed by atoms with E-state index in [0.717, 1.165) is 6.04 Å². The average molecular weight is 376 g/mol. The van der Waals surface area contributed by atoms with Gasteiger partial charge in [0.15, 0.2) is 10.1 Å². The van der Waals surface area contributed by atoms with E-state index >= 15 is 0 Å². The number of halogens is 3. The van der Waals surface area contributed by atoms with Gasteiger partial charge in [-0.1, -0.05) is 33.1 Å². The molecule has 1 fully saturated rings. The summed E-state index contributed by atoms with van der Waals surface area (Å²) in [7, 11) is -6.09. The van der Waals surface area contributed by atoms with Gasteiger partial charge in [0, 0.05) is 6.42 Å². The maximum atomic E-state index is 10.7. The Balaban J connectivity index is 0.000000561. The Morgan fingerprint density at radius 1 is 1.08 bits per heavy atom. The highest BCUT2D eigenvalue weighted by Gasteiger charge is 2.37. The third-order valence-electron chi connectivity index (χ3n) is 4.22. The van der Waals surface area contributed by atoms with Gasteiger partial charge in [-0.2, -0.15) is 13.2 Å². The van der Waals surface area contributed by atoms with Crippen LogP contribution in [0.2, 0.25) is 0 Å². The van der Waals surface area contributed by atoms with Crippen LogP contribution in [-0.4, -0.2) is 48.6 Å². The lowest BCUT2D eigenvalue weighted by Crippen LogP contribution is -2.70. The molecule has 0 radical (unpaired) electrons. The zero-order valence-electron chi connectivity index (χ0n) is 14.6. The van der Waals surface area contributed by atoms with E-state index in [-0.39, 0.29) is 0 Å². The van der Waals surface area contributed by atoms with Crippen molar-refractivity contribution in [2.75, 3.05) is 13.1 Å². The highest BCUT2D eigenvalue weighted by atomic mass is 32.2. The highest BCUT2D eigenvalue weighted by molar-refractivity contribution is 7.86. The quantitative estimate of drug-likeness (QED) is 0.546. The molecule has 9 heteroatoms. The monoisotopic (exact) mass is 376 g/mol. The first-order valence-electron chi connectivity index (χ1n) is 8.63. The molecule has 1 aliphatic carbocycles. The molecule has 0 aromatic rings. The van der Waals surface area contributed by atoms with Gasteiger partial charge in [0.25, 0.3) is 0 Å². The smallest absolute Gasteiger partial charge is 0.485 e. The summed E-state index contributed by atoms with van der Waals surface area (Å²) in [5, 5.41) is 0. The molecule has 24 heavy (non-hydrogen) atoms. The normalized spacial score (nSPS) is 22.2. The molecule has 3 N–H and O–H groups in total. The van der Waals surface area contributed by atoms with E-state index in [1.807, 2.05) is 0 Å². The van der Waals surface area contributed by atoms with Gasteiger partial charge in [0.2, 0.25) is 0 Å². The summed E-state index contributed by atoms with van der Waals surface area (Å²) in [5.41, 5.74) is -1.27. The first-order valence-corrected chi connectivity index (χ1v) is 10.0. The number of hydrogen-bond acceptors (Lipinski definition) is 4. The fraction of sp³-hybridized carbons (Fsp3) is 1.00. The highest BCUT2D eigenvalue weighted by Crippen LogP contribution is 2.22. The Bertz CT molecular complexity index is 422. The van der Waals surface area contributed by atoms with Gasteiger partial charge in [-0.15, -0.1) is 0 Å². The minimum Gasteiger partial charge on any atom is -0.741 e. The molecule has 146 valence electrons. The summed E-state index contributed by atoms with van der Waals surface area (Å²) in [6, 6.07) is 1.47. The zero-order chi connectivity index (χ0) is 18.8. The van der Waals surface area contributed by atoms with Gasteiger partial charge in [-0.3, -0.25) is 4.90 Å². The predicted molar refractivity (Wildman–Crippen MR) is 86.1 cm³/mol. The fourth-order valence-electron chi connectivity index (χ4n) is 2.83. The summed E-state index contributed by atoms with van der Waals surface area (Å²) in [6.07, 6.45) is 10.9. The Morgan fingerprint density at radius 3 is 1.83 bits per heavy atom. The Morgan fingerprint density at radius 2 is 1.50 bits per heavy atom. The van der Waals surface area contributed by atoms with Crippen LogP contribution >= 0.6 is 0 Å². The van der Waals surface area contributed by atoms with Gasteiger partial charge in [-0.25, -0.2) is 8.42 Å². The molecule has 0 aliphatic heterocycles. The number of nitrogens with zero attached hydrogens (tertiary/aromatic N) is 1. The van der Waals surface area contributed by atoms with E-state index < -0.39 is 15.6 Å². The fourth-order valence-corrected chi connectivity index (χ4v) is 2.83. The number of quaternary nitrogens is 1. The second kappa shape index (κ2) is 11.3. The summed E-state index contributed by atoms with van der Waals surface area (Å²) in [6.45, 7) is 7.18. The van der Waals surface area contributed by atoms with Crippen molar-refractivity contribution in [3.05, 3.63) is 0 Å². The summed E-state index contributed by atoms with van der Waals surface area (Å²) < 4.78 is 58.9. The Hall–Kier alpha value is -0.380. The lowest BCUT2D eigenvalue weighted by atomic mass is 9.89. The van der Waals surface area contributed by atoms with E-state index in [1.54, 1.807) is 0 Å². The molecule has 2 atom stereocenters. The molecule has 0 unspecified atom stereocenters. The van der Waals surface area contributed by atoms with E-state index in [1.165, 1.54) is 64.5 Å². The minimum atomic E-state index is -6.09. The number of alkyl halides is 3. The van der Waals surface area contributed by atoms with Crippen molar-refractivity contribution in [2.45, 2.75) is 82.8 Å². The van der Waals surface area contributed by atoms with E-state index in [4.69, 9.17) is 13.0 Å². The molecule has 1 rings (SSSR count). The summed E-state index contributed by atoms with van der Waals surface area (Å²) >= 11 is 0. The van der Waals surface area contributed by atoms with Gasteiger partial charge >= 0.3 is 5.51 Å². The molecule has 5 nitrogen and oxygen atoms in total.